The van der Waals surface area contributed by atoms with Gasteiger partial charge in [0.2, 0.25) is 0 Å². The van der Waals surface area contributed by atoms with Gasteiger partial charge in [-0.3, -0.25) is 4.57 Å². The van der Waals surface area contributed by atoms with Gasteiger partial charge in [-0.25, -0.2) is 4.79 Å². The van der Waals surface area contributed by atoms with Crippen molar-refractivity contribution in [2.24, 2.45) is 0 Å². The van der Waals surface area contributed by atoms with Crippen molar-refractivity contribution in [2.75, 3.05) is 14.2 Å². The number of benzene rings is 1. The molecule has 0 aliphatic rings. The highest BCUT2D eigenvalue weighted by molar-refractivity contribution is 9.10. The predicted molar refractivity (Wildman–Crippen MR) is 92.3 cm³/mol. The van der Waals surface area contributed by atoms with Gasteiger partial charge in [-0.15, -0.1) is 0 Å². The van der Waals surface area contributed by atoms with E-state index in [0.717, 1.165) is 10.0 Å². The molecule has 2 rings (SSSR count). The number of hydrogen-bond donors (Lipinski definition) is 0. The summed E-state index contributed by atoms with van der Waals surface area (Å²) in [4.78, 5) is 12.4. The number of carbonyl (C=O) groups excluding carboxylic acids is 1. The first-order valence-electron chi connectivity index (χ1n) is 7.09. The van der Waals surface area contributed by atoms with Gasteiger partial charge in [-0.05, 0) is 54.9 Å². The second kappa shape index (κ2) is 6.66. The van der Waals surface area contributed by atoms with Crippen molar-refractivity contribution < 1.29 is 19.0 Å². The third-order valence-corrected chi connectivity index (χ3v) is 3.50. The highest BCUT2D eigenvalue weighted by Crippen LogP contribution is 2.35. The number of carbonyl (C=O) groups is 1. The first-order valence-corrected chi connectivity index (χ1v) is 7.88. The Morgan fingerprint density at radius 3 is 2.39 bits per heavy atom. The fraction of sp³-hybridized carbons (Fsp3) is 0.353. The van der Waals surface area contributed by atoms with Crippen LogP contribution in [-0.4, -0.2) is 30.5 Å². The van der Waals surface area contributed by atoms with Crippen LogP contribution in [0.25, 0.3) is 11.3 Å². The molecule has 0 unspecified atom stereocenters. The summed E-state index contributed by atoms with van der Waals surface area (Å²) in [5.74, 6) is 1.29. The van der Waals surface area contributed by atoms with Gasteiger partial charge in [-0.2, -0.15) is 0 Å². The quantitative estimate of drug-likeness (QED) is 0.771. The molecule has 0 radical (unpaired) electrons. The van der Waals surface area contributed by atoms with Crippen molar-refractivity contribution in [3.8, 4) is 22.8 Å². The summed E-state index contributed by atoms with van der Waals surface area (Å²) in [7, 11) is 3.17. The van der Waals surface area contributed by atoms with E-state index < -0.39 is 11.7 Å². The number of nitrogens with zero attached hydrogens (tertiary/aromatic N) is 1. The second-order valence-electron chi connectivity index (χ2n) is 5.96. The molecule has 0 amide bonds. The second-order valence-corrected chi connectivity index (χ2v) is 6.88. The Balaban J connectivity index is 2.51. The maximum atomic E-state index is 12.4. The van der Waals surface area contributed by atoms with E-state index in [9.17, 15) is 4.79 Å². The molecule has 2 aromatic rings. The average molecular weight is 382 g/mol. The third kappa shape index (κ3) is 4.07. The summed E-state index contributed by atoms with van der Waals surface area (Å²) < 4.78 is 18.3. The van der Waals surface area contributed by atoms with Gasteiger partial charge >= 0.3 is 6.09 Å². The van der Waals surface area contributed by atoms with E-state index in [4.69, 9.17) is 14.2 Å². The summed E-state index contributed by atoms with van der Waals surface area (Å²) >= 11 is 3.41. The van der Waals surface area contributed by atoms with Crippen LogP contribution in [0.4, 0.5) is 4.79 Å². The number of halogens is 1. The molecule has 0 saturated carbocycles. The van der Waals surface area contributed by atoms with E-state index in [-0.39, 0.29) is 0 Å². The van der Waals surface area contributed by atoms with Gasteiger partial charge in [-0.1, -0.05) is 0 Å². The number of methoxy groups -OCH3 is 2. The standard InChI is InChI=1S/C17H20BrNO4/c1-17(2,3)23-16(20)19-10-11(18)8-14(19)13-7-6-12(21-4)9-15(13)22-5/h6-10H,1-5H3. The minimum Gasteiger partial charge on any atom is -0.497 e. The van der Waals surface area contributed by atoms with Crippen LogP contribution in [0.15, 0.2) is 34.9 Å². The third-order valence-electron chi connectivity index (χ3n) is 3.06. The van der Waals surface area contributed by atoms with Crippen molar-refractivity contribution >= 4 is 22.0 Å². The molecule has 5 nitrogen and oxygen atoms in total. The maximum absolute atomic E-state index is 12.4. The molecule has 6 heteroatoms. The summed E-state index contributed by atoms with van der Waals surface area (Å²) in [6.45, 7) is 5.49. The molecule has 0 saturated heterocycles. The summed E-state index contributed by atoms with van der Waals surface area (Å²) in [6.07, 6.45) is 1.23. The van der Waals surface area contributed by atoms with Crippen LogP contribution in [0, 0.1) is 0 Å². The first kappa shape index (κ1) is 17.4. The van der Waals surface area contributed by atoms with E-state index in [2.05, 4.69) is 15.9 Å². The lowest BCUT2D eigenvalue weighted by molar-refractivity contribution is 0.0540. The highest BCUT2D eigenvalue weighted by atomic mass is 79.9. The number of hydrogen-bond acceptors (Lipinski definition) is 4. The normalized spacial score (nSPS) is 11.2. The zero-order chi connectivity index (χ0) is 17.2. The molecule has 0 N–H and O–H groups in total. The topological polar surface area (TPSA) is 49.7 Å². The fourth-order valence-electron chi connectivity index (χ4n) is 2.11. The smallest absolute Gasteiger partial charge is 0.419 e. The van der Waals surface area contributed by atoms with Crippen LogP contribution in [0.3, 0.4) is 0 Å². The van der Waals surface area contributed by atoms with E-state index in [1.165, 1.54) is 4.57 Å². The van der Waals surface area contributed by atoms with E-state index in [1.54, 1.807) is 26.5 Å². The van der Waals surface area contributed by atoms with Crippen LogP contribution in [0.5, 0.6) is 11.5 Å². The monoisotopic (exact) mass is 381 g/mol. The molecule has 0 aliphatic heterocycles. The molecule has 0 spiro atoms. The molecular weight excluding hydrogens is 362 g/mol. The van der Waals surface area contributed by atoms with Crippen molar-refractivity contribution in [3.05, 3.63) is 34.9 Å². The lowest BCUT2D eigenvalue weighted by atomic mass is 10.1. The molecule has 23 heavy (non-hydrogen) atoms. The van der Waals surface area contributed by atoms with Crippen molar-refractivity contribution in [1.82, 2.24) is 4.57 Å². The first-order chi connectivity index (χ1) is 10.7. The largest absolute Gasteiger partial charge is 0.497 e. The number of ether oxygens (including phenoxy) is 3. The molecule has 0 fully saturated rings. The van der Waals surface area contributed by atoms with E-state index >= 15 is 0 Å². The van der Waals surface area contributed by atoms with Gasteiger partial charge in [0.05, 0.1) is 19.9 Å². The predicted octanol–water partition coefficient (Wildman–Crippen LogP) is 4.72. The molecule has 1 heterocycles. The van der Waals surface area contributed by atoms with Gasteiger partial charge in [0.1, 0.15) is 17.1 Å². The van der Waals surface area contributed by atoms with Crippen LogP contribution in [-0.2, 0) is 4.74 Å². The van der Waals surface area contributed by atoms with Gasteiger partial charge in [0.15, 0.2) is 0 Å². The lowest BCUT2D eigenvalue weighted by Gasteiger charge is -2.20. The SMILES string of the molecule is COc1ccc(-c2cc(Br)cn2C(=O)OC(C)(C)C)c(OC)c1. The fourth-order valence-corrected chi connectivity index (χ4v) is 2.53. The molecule has 1 aromatic carbocycles. The molecule has 1 aromatic heterocycles. The van der Waals surface area contributed by atoms with E-state index in [0.29, 0.717) is 17.2 Å². The van der Waals surface area contributed by atoms with Crippen LogP contribution in [0.1, 0.15) is 20.8 Å². The zero-order valence-corrected chi connectivity index (χ0v) is 15.4. The molecule has 0 aliphatic carbocycles. The van der Waals surface area contributed by atoms with Crippen molar-refractivity contribution in [2.45, 2.75) is 26.4 Å². The average Bonchev–Trinajstić information content (AvgIpc) is 2.86. The van der Waals surface area contributed by atoms with Crippen molar-refractivity contribution in [3.63, 3.8) is 0 Å². The Kier molecular flexibility index (Phi) is 5.04. The number of rotatable bonds is 3. The Hall–Kier alpha value is -1.95. The summed E-state index contributed by atoms with van der Waals surface area (Å²) in [6, 6.07) is 7.28. The Labute approximate surface area is 144 Å². The van der Waals surface area contributed by atoms with Gasteiger partial charge < -0.3 is 14.2 Å². The summed E-state index contributed by atoms with van der Waals surface area (Å²) in [5.41, 5.74) is 0.866. The lowest BCUT2D eigenvalue weighted by Crippen LogP contribution is -2.27. The van der Waals surface area contributed by atoms with Gasteiger partial charge in [0, 0.05) is 22.3 Å². The molecule has 124 valence electrons. The van der Waals surface area contributed by atoms with Crippen LogP contribution in [0.2, 0.25) is 0 Å². The molecular formula is C17H20BrNO4. The zero-order valence-electron chi connectivity index (χ0n) is 13.8. The molecule has 0 bridgehead atoms. The van der Waals surface area contributed by atoms with Crippen LogP contribution < -0.4 is 9.47 Å². The van der Waals surface area contributed by atoms with Crippen molar-refractivity contribution in [1.29, 1.82) is 0 Å². The van der Waals surface area contributed by atoms with Crippen LogP contribution >= 0.6 is 15.9 Å². The Morgan fingerprint density at radius 2 is 1.83 bits per heavy atom. The highest BCUT2D eigenvalue weighted by Gasteiger charge is 2.22. The number of aromatic nitrogens is 1. The Morgan fingerprint density at radius 1 is 1.13 bits per heavy atom. The maximum Gasteiger partial charge on any atom is 0.419 e. The minimum absolute atomic E-state index is 0.448. The Bertz CT molecular complexity index is 716. The van der Waals surface area contributed by atoms with Gasteiger partial charge in [0.25, 0.3) is 0 Å². The van der Waals surface area contributed by atoms with E-state index in [1.807, 2.05) is 39.0 Å². The summed E-state index contributed by atoms with van der Waals surface area (Å²) in [5, 5.41) is 0. The minimum atomic E-state index is -0.574. The molecule has 0 atom stereocenters.